The minimum atomic E-state index is -0.582. The molecule has 0 spiro atoms. The van der Waals surface area contributed by atoms with Gasteiger partial charge in [-0.3, -0.25) is 19.9 Å². The zero-order valence-electron chi connectivity index (χ0n) is 39.3. The molecule has 13 nitrogen and oxygen atoms in total. The number of ether oxygens (including phenoxy) is 2. The molecule has 2 saturated heterocycles. The number of rotatable bonds is 18. The summed E-state index contributed by atoms with van der Waals surface area (Å²) in [4.78, 5) is 47.3. The van der Waals surface area contributed by atoms with Crippen LogP contribution in [-0.4, -0.2) is 123 Å². The minimum absolute atomic E-state index is 0.0456. The maximum atomic E-state index is 15.4. The van der Waals surface area contributed by atoms with Crippen molar-refractivity contribution in [3.05, 3.63) is 76.7 Å². The van der Waals surface area contributed by atoms with Gasteiger partial charge in [0.1, 0.15) is 29.7 Å². The zero-order chi connectivity index (χ0) is 46.9. The van der Waals surface area contributed by atoms with Gasteiger partial charge in [0.25, 0.3) is 0 Å². The average molecular weight is 1030 g/mol. The second-order valence-electron chi connectivity index (χ2n) is 17.5. The van der Waals surface area contributed by atoms with E-state index < -0.39 is 11.9 Å². The summed E-state index contributed by atoms with van der Waals surface area (Å²) in [6.45, 7) is 11.3. The summed E-state index contributed by atoms with van der Waals surface area (Å²) in [6, 6.07) is 12.8. The standard InChI is InChI=1S/C27H36IN4O2P.C20H29FN4O3.C2H6/c1-27(12-13-27)34-22-7-8-24(31-35-28)23(18-22)26(29)19-9-14-30-25(17-19)32-15-10-21(11-16-32)33-20-5-3-2-4-6-20;1-22-20(28)18(5-4-12-26)24(3)13-16-15(14-27)6-7-17(19(16)21)25-10-8-23(2)9-11-25;1-2/h7-9,14,17-18,20-21,29,31,35H,2-6,10-13,15-16H2,1H3;6-7,12,14,18H,4-5,8-11,13H2,1-3H3,(H,22,28);1-2H3. The van der Waals surface area contributed by atoms with Crippen molar-refractivity contribution in [1.82, 2.24) is 20.1 Å². The van der Waals surface area contributed by atoms with Crippen molar-refractivity contribution in [1.29, 1.82) is 5.41 Å². The first-order valence-electron chi connectivity index (χ1n) is 23.4. The molecule has 3 aromatic rings. The van der Waals surface area contributed by atoms with Gasteiger partial charge in [-0.15, -0.1) is 0 Å². The molecule has 356 valence electrons. The van der Waals surface area contributed by atoms with Gasteiger partial charge in [0.2, 0.25) is 5.91 Å². The van der Waals surface area contributed by atoms with Crippen molar-refractivity contribution >= 4 is 69.8 Å². The second kappa shape index (κ2) is 26.0. The van der Waals surface area contributed by atoms with Crippen LogP contribution in [0.5, 0.6) is 5.75 Å². The summed E-state index contributed by atoms with van der Waals surface area (Å²) in [5, 5.41) is 15.1. The van der Waals surface area contributed by atoms with Gasteiger partial charge < -0.3 is 39.4 Å². The highest BCUT2D eigenvalue weighted by Crippen LogP contribution is 2.41. The Morgan fingerprint density at radius 1 is 1.00 bits per heavy atom. The highest BCUT2D eigenvalue weighted by atomic mass is 127. The van der Waals surface area contributed by atoms with Crippen LogP contribution in [0.2, 0.25) is 0 Å². The van der Waals surface area contributed by atoms with Gasteiger partial charge in [-0.25, -0.2) is 9.37 Å². The van der Waals surface area contributed by atoms with E-state index in [-0.39, 0.29) is 35.6 Å². The van der Waals surface area contributed by atoms with E-state index in [4.69, 9.17) is 14.9 Å². The summed E-state index contributed by atoms with van der Waals surface area (Å²) in [5.74, 6) is 1.12. The second-order valence-corrected chi connectivity index (χ2v) is 19.6. The number of piperazine rings is 1. The first-order valence-corrected chi connectivity index (χ1v) is 27.5. The fourth-order valence-electron chi connectivity index (χ4n) is 8.60. The van der Waals surface area contributed by atoms with Gasteiger partial charge >= 0.3 is 0 Å². The molecule has 7 rings (SSSR count). The first-order chi connectivity index (χ1) is 31.4. The van der Waals surface area contributed by atoms with E-state index >= 15 is 4.39 Å². The molecular formula is C49H71FIN8O5P. The van der Waals surface area contributed by atoms with Gasteiger partial charge in [0.15, 0.2) is 5.82 Å². The molecule has 2 aromatic carbocycles. The fourth-order valence-corrected chi connectivity index (χ4v) is 9.79. The van der Waals surface area contributed by atoms with Crippen molar-refractivity contribution in [2.75, 3.05) is 75.3 Å². The van der Waals surface area contributed by atoms with E-state index in [1.54, 1.807) is 24.1 Å². The lowest BCUT2D eigenvalue weighted by Gasteiger charge is -2.35. The minimum Gasteiger partial charge on any atom is -0.488 e. The molecule has 2 atom stereocenters. The van der Waals surface area contributed by atoms with E-state index in [1.165, 1.54) is 39.2 Å². The van der Waals surface area contributed by atoms with Crippen LogP contribution in [0.1, 0.15) is 118 Å². The summed E-state index contributed by atoms with van der Waals surface area (Å²) in [7, 11) is 5.25. The van der Waals surface area contributed by atoms with E-state index in [0.29, 0.717) is 55.8 Å². The van der Waals surface area contributed by atoms with Crippen molar-refractivity contribution in [2.45, 2.75) is 122 Å². The Morgan fingerprint density at radius 2 is 1.69 bits per heavy atom. The van der Waals surface area contributed by atoms with Gasteiger partial charge in [-0.2, -0.15) is 0 Å². The predicted molar refractivity (Wildman–Crippen MR) is 271 cm³/mol. The number of pyridine rings is 1. The van der Waals surface area contributed by atoms with Gasteiger partial charge in [-0.05, 0) is 130 Å². The molecule has 3 heterocycles. The summed E-state index contributed by atoms with van der Waals surface area (Å²) in [5.41, 5.74) is 4.19. The first kappa shape index (κ1) is 52.2. The number of carbonyl (C=O) groups excluding carboxylic acids is 3. The third kappa shape index (κ3) is 14.9. The highest BCUT2D eigenvalue weighted by molar-refractivity contribution is 14.2. The number of amides is 1. The quantitative estimate of drug-likeness (QED) is 0.0486. The monoisotopic (exact) mass is 1030 g/mol. The van der Waals surface area contributed by atoms with E-state index in [1.807, 2.05) is 56.3 Å². The van der Waals surface area contributed by atoms with Crippen LogP contribution in [0.15, 0.2) is 48.7 Å². The third-order valence-corrected chi connectivity index (χ3v) is 13.9. The number of halogens is 2. The smallest absolute Gasteiger partial charge is 0.237 e. The molecule has 4 aliphatic rings. The fraction of sp³-hybridized carbons (Fsp3) is 0.571. The molecule has 2 aliphatic heterocycles. The van der Waals surface area contributed by atoms with E-state index in [0.717, 1.165) is 86.5 Å². The average Bonchev–Trinajstić information content (AvgIpc) is 4.07. The maximum absolute atomic E-state index is 15.4. The van der Waals surface area contributed by atoms with Crippen LogP contribution in [0, 0.1) is 11.2 Å². The Morgan fingerprint density at radius 3 is 2.32 bits per heavy atom. The molecule has 3 N–H and O–H groups in total. The normalized spacial score (nSPS) is 18.2. The topological polar surface area (TPSA) is 143 Å². The summed E-state index contributed by atoms with van der Waals surface area (Å²) < 4.78 is 28.0. The number of aromatic nitrogens is 1. The van der Waals surface area contributed by atoms with E-state index in [9.17, 15) is 14.4 Å². The van der Waals surface area contributed by atoms with Crippen LogP contribution >= 0.6 is 28.4 Å². The molecule has 65 heavy (non-hydrogen) atoms. The number of likely N-dealkylation sites (N-methyl/N-ethyl adjacent to an activating group) is 3. The highest BCUT2D eigenvalue weighted by Gasteiger charge is 2.40. The number of anilines is 3. The van der Waals surface area contributed by atoms with Crippen LogP contribution in [-0.2, 0) is 20.9 Å². The number of hydrogen-bond donors (Lipinski definition) is 3. The lowest BCUT2D eigenvalue weighted by molar-refractivity contribution is -0.126. The number of aldehydes is 2. The molecule has 0 radical (unpaired) electrons. The molecule has 2 aliphatic carbocycles. The molecule has 2 unspecified atom stereocenters. The Hall–Kier alpha value is -3.76. The SMILES string of the molecule is CC.CC1(Oc2ccc(NPI)c(C(=N)c3ccnc(N4CCC(OC5CCCCC5)CC4)c3)c2)CC1.CNC(=O)C(CCC=O)N(C)Cc1c(C=O)ccc(N2CCN(C)CC2)c1F. The summed E-state index contributed by atoms with van der Waals surface area (Å²) >= 11 is 2.33. The molecule has 2 saturated carbocycles. The lowest BCUT2D eigenvalue weighted by atomic mass is 9.97. The maximum Gasteiger partial charge on any atom is 0.237 e. The van der Waals surface area contributed by atoms with Crippen LogP contribution < -0.4 is 24.9 Å². The Labute approximate surface area is 401 Å². The number of nitrogens with zero attached hydrogens (tertiary/aromatic N) is 5. The van der Waals surface area contributed by atoms with Crippen LogP contribution in [0.4, 0.5) is 21.6 Å². The molecule has 1 amide bonds. The number of benzene rings is 2. The van der Waals surface area contributed by atoms with Crippen molar-refractivity contribution in [3.63, 3.8) is 0 Å². The number of nitrogens with one attached hydrogen (secondary N) is 3. The lowest BCUT2D eigenvalue weighted by Crippen LogP contribution is -2.45. The van der Waals surface area contributed by atoms with Gasteiger partial charge in [-0.1, -0.05) is 33.1 Å². The molecule has 16 heteroatoms. The van der Waals surface area contributed by atoms with Gasteiger partial charge in [0.05, 0.1) is 29.6 Å². The number of piperidine rings is 1. The molecule has 4 fully saturated rings. The Balaban J connectivity index is 0.000000241. The van der Waals surface area contributed by atoms with Crippen molar-refractivity contribution in [2.24, 2.45) is 0 Å². The predicted octanol–water partition coefficient (Wildman–Crippen LogP) is 9.04. The zero-order valence-corrected chi connectivity index (χ0v) is 42.4. The Bertz CT molecular complexity index is 2020. The van der Waals surface area contributed by atoms with Gasteiger partial charge in [0, 0.05) is 99.8 Å². The molecule has 0 bridgehead atoms. The van der Waals surface area contributed by atoms with Crippen molar-refractivity contribution < 1.29 is 28.2 Å². The van der Waals surface area contributed by atoms with Crippen molar-refractivity contribution in [3.8, 4) is 5.75 Å². The molecule has 1 aromatic heterocycles. The Kier molecular flexibility index (Phi) is 20.9. The third-order valence-electron chi connectivity index (χ3n) is 12.8. The van der Waals surface area contributed by atoms with Crippen LogP contribution in [0.3, 0.4) is 0 Å². The number of carbonyl (C=O) groups is 3. The van der Waals surface area contributed by atoms with E-state index in [2.05, 4.69) is 60.2 Å². The largest absolute Gasteiger partial charge is 0.488 e. The number of hydrogen-bond acceptors (Lipinski definition) is 12. The summed E-state index contributed by atoms with van der Waals surface area (Å²) in [6.07, 6.45) is 15.9. The molecular weight excluding hydrogens is 957 g/mol. The van der Waals surface area contributed by atoms with Crippen LogP contribution in [0.25, 0.3) is 0 Å².